The Bertz CT molecular complexity index is 1070. The molecule has 0 aliphatic rings. The van der Waals surface area contributed by atoms with Gasteiger partial charge in [-0.15, -0.1) is 12.4 Å². The highest BCUT2D eigenvalue weighted by molar-refractivity contribution is 7.89. The average Bonchev–Trinajstić information content (AvgIpc) is 2.71. The van der Waals surface area contributed by atoms with E-state index in [1.807, 2.05) is 30.3 Å². The van der Waals surface area contributed by atoms with Crippen LogP contribution in [0.5, 0.6) is 0 Å². The smallest absolute Gasteiger partial charge is 0.264 e. The van der Waals surface area contributed by atoms with Gasteiger partial charge in [0.15, 0.2) is 0 Å². The molecule has 6 nitrogen and oxygen atoms in total. The van der Waals surface area contributed by atoms with E-state index >= 15 is 0 Å². The number of sulfonamides is 1. The molecule has 1 heterocycles. The van der Waals surface area contributed by atoms with Gasteiger partial charge in [-0.3, -0.25) is 4.31 Å². The Labute approximate surface area is 177 Å². The molecule has 154 valence electrons. The number of anilines is 1. The van der Waals surface area contributed by atoms with Crippen LogP contribution in [0, 0.1) is 0 Å². The van der Waals surface area contributed by atoms with E-state index in [2.05, 4.69) is 4.98 Å². The quantitative estimate of drug-likeness (QED) is 0.568. The molecular formula is C21H25ClN4O2S. The van der Waals surface area contributed by atoms with Crippen molar-refractivity contribution in [3.05, 3.63) is 78.6 Å². The van der Waals surface area contributed by atoms with Crippen LogP contribution in [-0.4, -0.2) is 30.8 Å². The summed E-state index contributed by atoms with van der Waals surface area (Å²) in [6.07, 6.45) is 6.18. The topological polar surface area (TPSA) is 102 Å². The molecular weight excluding hydrogens is 408 g/mol. The summed E-state index contributed by atoms with van der Waals surface area (Å²) in [5.41, 5.74) is 12.6. The van der Waals surface area contributed by atoms with Crippen LogP contribution < -0.4 is 11.5 Å². The van der Waals surface area contributed by atoms with Crippen molar-refractivity contribution >= 4 is 39.0 Å². The van der Waals surface area contributed by atoms with Gasteiger partial charge < -0.3 is 11.5 Å². The molecule has 0 amide bonds. The number of nitrogens with two attached hydrogens (primary N) is 2. The molecule has 3 aromatic rings. The fourth-order valence-electron chi connectivity index (χ4n) is 3.09. The first-order valence-corrected chi connectivity index (χ1v) is 10.5. The maximum Gasteiger partial charge on any atom is 0.264 e. The van der Waals surface area contributed by atoms with Crippen molar-refractivity contribution < 1.29 is 8.42 Å². The second-order valence-electron chi connectivity index (χ2n) is 6.37. The maximum absolute atomic E-state index is 13.4. The van der Waals surface area contributed by atoms with Crippen LogP contribution in [0.25, 0.3) is 10.8 Å². The Kier molecular flexibility index (Phi) is 8.01. The second-order valence-corrected chi connectivity index (χ2v) is 8.23. The fraction of sp³-hybridized carbons (Fsp3) is 0.190. The number of hydrogen-bond acceptors (Lipinski definition) is 5. The highest BCUT2D eigenvalue weighted by Gasteiger charge is 2.24. The lowest BCUT2D eigenvalue weighted by molar-refractivity contribution is 0.489. The second kappa shape index (κ2) is 10.2. The van der Waals surface area contributed by atoms with Crippen molar-refractivity contribution in [3.8, 4) is 0 Å². The number of hydrogen-bond donors (Lipinski definition) is 2. The molecule has 3 rings (SSSR count). The van der Waals surface area contributed by atoms with E-state index in [9.17, 15) is 8.42 Å². The van der Waals surface area contributed by atoms with Crippen molar-refractivity contribution in [3.63, 3.8) is 0 Å². The molecule has 0 unspecified atom stereocenters. The van der Waals surface area contributed by atoms with Gasteiger partial charge in [-0.1, -0.05) is 48.5 Å². The zero-order valence-electron chi connectivity index (χ0n) is 15.9. The number of aromatic nitrogens is 1. The van der Waals surface area contributed by atoms with Gasteiger partial charge >= 0.3 is 0 Å². The highest BCUT2D eigenvalue weighted by Crippen LogP contribution is 2.28. The zero-order chi connectivity index (χ0) is 20.0. The first kappa shape index (κ1) is 22.7. The molecule has 1 aromatic heterocycles. The molecule has 0 fully saturated rings. The summed E-state index contributed by atoms with van der Waals surface area (Å²) in [6.45, 7) is 0.613. The summed E-state index contributed by atoms with van der Waals surface area (Å²) < 4.78 is 28.1. The number of pyridine rings is 1. The van der Waals surface area contributed by atoms with E-state index in [4.69, 9.17) is 11.5 Å². The van der Waals surface area contributed by atoms with Crippen molar-refractivity contribution in [2.75, 3.05) is 18.8 Å². The largest absolute Gasteiger partial charge is 0.383 e. The monoisotopic (exact) mass is 432 g/mol. The molecule has 0 saturated carbocycles. The molecule has 29 heavy (non-hydrogen) atoms. The van der Waals surface area contributed by atoms with Crippen LogP contribution >= 0.6 is 12.4 Å². The number of fused-ring (bicyclic) bond motifs is 1. The number of nitrogens with zero attached hydrogens (tertiary/aromatic N) is 2. The lowest BCUT2D eigenvalue weighted by Crippen LogP contribution is -2.28. The third-order valence-corrected chi connectivity index (χ3v) is 6.31. The SMILES string of the molecule is Cl.NCC=CN(CCCc1ccccc1)S(=O)(=O)c1cccc2c(N)nccc12. The van der Waals surface area contributed by atoms with Gasteiger partial charge in [0.05, 0.1) is 4.90 Å². The van der Waals surface area contributed by atoms with E-state index in [0.717, 1.165) is 6.42 Å². The van der Waals surface area contributed by atoms with Crippen LogP contribution in [0.4, 0.5) is 5.82 Å². The molecule has 0 aliphatic carbocycles. The number of benzene rings is 2. The van der Waals surface area contributed by atoms with Crippen LogP contribution in [0.3, 0.4) is 0 Å². The van der Waals surface area contributed by atoms with Crippen LogP contribution in [0.1, 0.15) is 12.0 Å². The minimum absolute atomic E-state index is 0. The summed E-state index contributed by atoms with van der Waals surface area (Å²) in [4.78, 5) is 4.26. The summed E-state index contributed by atoms with van der Waals surface area (Å²) in [5.74, 6) is 0.308. The number of halogens is 1. The fourth-order valence-corrected chi connectivity index (χ4v) is 4.66. The van der Waals surface area contributed by atoms with Gasteiger partial charge in [-0.2, -0.15) is 0 Å². The number of aryl methyl sites for hydroxylation is 1. The van der Waals surface area contributed by atoms with E-state index < -0.39 is 10.0 Å². The first-order chi connectivity index (χ1) is 13.5. The van der Waals surface area contributed by atoms with E-state index in [0.29, 0.717) is 29.6 Å². The zero-order valence-corrected chi connectivity index (χ0v) is 17.6. The molecule has 0 atom stereocenters. The normalized spacial score (nSPS) is 11.5. The van der Waals surface area contributed by atoms with E-state index in [-0.39, 0.29) is 23.8 Å². The molecule has 4 N–H and O–H groups in total. The van der Waals surface area contributed by atoms with Gasteiger partial charge in [0.25, 0.3) is 10.0 Å². The van der Waals surface area contributed by atoms with Gasteiger partial charge in [-0.25, -0.2) is 13.4 Å². The minimum atomic E-state index is -3.76. The molecule has 8 heteroatoms. The summed E-state index contributed by atoms with van der Waals surface area (Å²) in [6, 6.07) is 16.7. The van der Waals surface area contributed by atoms with Crippen LogP contribution in [0.2, 0.25) is 0 Å². The first-order valence-electron chi connectivity index (χ1n) is 9.10. The Hall–Kier alpha value is -2.61. The molecule has 0 saturated heterocycles. The van der Waals surface area contributed by atoms with Crippen molar-refractivity contribution in [2.24, 2.45) is 5.73 Å². The predicted molar refractivity (Wildman–Crippen MR) is 120 cm³/mol. The standard InChI is InChI=1S/C21H24N4O2S.ClH/c22-13-6-16-25(15-5-9-17-7-2-1-3-8-17)28(26,27)20-11-4-10-19-18(20)12-14-24-21(19)23;/h1-4,6-8,10-12,14,16H,5,9,13,15,22H2,(H2,23,24);1H. The molecule has 0 radical (unpaired) electrons. The van der Waals surface area contributed by atoms with Gasteiger partial charge in [0.1, 0.15) is 5.82 Å². The minimum Gasteiger partial charge on any atom is -0.383 e. The van der Waals surface area contributed by atoms with Gasteiger partial charge in [-0.05, 0) is 30.5 Å². The van der Waals surface area contributed by atoms with Crippen molar-refractivity contribution in [1.82, 2.24) is 9.29 Å². The Balaban J connectivity index is 0.00000300. The van der Waals surface area contributed by atoms with E-state index in [1.165, 1.54) is 16.1 Å². The maximum atomic E-state index is 13.4. The Morgan fingerprint density at radius 3 is 2.48 bits per heavy atom. The van der Waals surface area contributed by atoms with Gasteiger partial charge in [0.2, 0.25) is 0 Å². The van der Waals surface area contributed by atoms with Crippen LogP contribution in [0.15, 0.2) is 78.0 Å². The number of nitrogen functional groups attached to an aromatic ring is 1. The Morgan fingerprint density at radius 1 is 1.00 bits per heavy atom. The lowest BCUT2D eigenvalue weighted by atomic mass is 10.1. The summed E-state index contributed by atoms with van der Waals surface area (Å²) >= 11 is 0. The Morgan fingerprint density at radius 2 is 1.76 bits per heavy atom. The summed E-state index contributed by atoms with van der Waals surface area (Å²) in [5, 5.41) is 1.18. The van der Waals surface area contributed by atoms with E-state index in [1.54, 1.807) is 36.5 Å². The molecule has 0 spiro atoms. The molecule has 0 aliphatic heterocycles. The van der Waals surface area contributed by atoms with Crippen LogP contribution in [-0.2, 0) is 16.4 Å². The van der Waals surface area contributed by atoms with Crippen molar-refractivity contribution in [2.45, 2.75) is 17.7 Å². The third-order valence-electron chi connectivity index (χ3n) is 4.48. The van der Waals surface area contributed by atoms with Crippen molar-refractivity contribution in [1.29, 1.82) is 0 Å². The predicted octanol–water partition coefficient (Wildman–Crippen LogP) is 3.33. The average molecular weight is 433 g/mol. The number of rotatable bonds is 8. The molecule has 2 aromatic carbocycles. The summed E-state index contributed by atoms with van der Waals surface area (Å²) in [7, 11) is -3.76. The van der Waals surface area contributed by atoms with Gasteiger partial charge in [0, 0.05) is 36.3 Å². The third kappa shape index (κ3) is 5.26. The lowest BCUT2D eigenvalue weighted by Gasteiger charge is -2.21. The molecule has 0 bridgehead atoms. The highest BCUT2D eigenvalue weighted by atomic mass is 35.5.